The molecule has 0 atom stereocenters. The van der Waals surface area contributed by atoms with Gasteiger partial charge in [-0.2, -0.15) is 9.97 Å². The third-order valence-corrected chi connectivity index (χ3v) is 2.36. The highest BCUT2D eigenvalue weighted by Gasteiger charge is 2.09. The molecule has 0 amide bonds. The Labute approximate surface area is 110 Å². The van der Waals surface area contributed by atoms with Crippen LogP contribution in [0.4, 0.5) is 11.6 Å². The maximum atomic E-state index is 9.75. The molecule has 0 aliphatic carbocycles. The minimum Gasteiger partial charge on any atom is -0.506 e. The summed E-state index contributed by atoms with van der Waals surface area (Å²) in [5.41, 5.74) is 1.49. The molecule has 2 aromatic rings. The van der Waals surface area contributed by atoms with Crippen molar-refractivity contribution < 1.29 is 14.6 Å². The van der Waals surface area contributed by atoms with Crippen LogP contribution in [-0.2, 0) is 0 Å². The number of aromatic hydroxyl groups is 1. The number of aryl methyl sites for hydroxylation is 1. The molecular weight excluding hydrogens is 248 g/mol. The molecule has 100 valence electrons. The molecule has 0 saturated carbocycles. The molecule has 0 aliphatic rings. The number of ether oxygens (including phenoxy) is 2. The molecule has 0 radical (unpaired) electrons. The van der Waals surface area contributed by atoms with E-state index in [2.05, 4.69) is 20.3 Å². The molecule has 1 aromatic carbocycles. The predicted octanol–water partition coefficient (Wildman–Crippen LogP) is 1.65. The van der Waals surface area contributed by atoms with Gasteiger partial charge in [-0.25, -0.2) is 0 Å². The number of phenols is 1. The molecule has 0 bridgehead atoms. The van der Waals surface area contributed by atoms with Gasteiger partial charge < -0.3 is 19.9 Å². The van der Waals surface area contributed by atoms with E-state index in [4.69, 9.17) is 9.47 Å². The van der Waals surface area contributed by atoms with Gasteiger partial charge in [0, 0.05) is 0 Å². The zero-order chi connectivity index (χ0) is 13.8. The second kappa shape index (κ2) is 5.38. The van der Waals surface area contributed by atoms with Crippen molar-refractivity contribution >= 4 is 11.6 Å². The average molecular weight is 262 g/mol. The van der Waals surface area contributed by atoms with Crippen LogP contribution >= 0.6 is 0 Å². The van der Waals surface area contributed by atoms with Crippen LogP contribution in [0.25, 0.3) is 0 Å². The van der Waals surface area contributed by atoms with E-state index in [-0.39, 0.29) is 23.7 Å². The molecule has 0 unspecified atom stereocenters. The molecular formula is C12H14N4O3. The minimum atomic E-state index is 0.101. The second-order valence-corrected chi connectivity index (χ2v) is 3.78. The first kappa shape index (κ1) is 12.9. The van der Waals surface area contributed by atoms with Crippen molar-refractivity contribution in [3.05, 3.63) is 23.8 Å². The quantitative estimate of drug-likeness (QED) is 0.809. The summed E-state index contributed by atoms with van der Waals surface area (Å²) in [6.07, 6.45) is 0. The average Bonchev–Trinajstić information content (AvgIpc) is 2.42. The van der Waals surface area contributed by atoms with Gasteiger partial charge in [0.1, 0.15) is 5.75 Å². The summed E-state index contributed by atoms with van der Waals surface area (Å²) in [5.74, 6) is 0.327. The van der Waals surface area contributed by atoms with E-state index >= 15 is 0 Å². The molecule has 1 heterocycles. The number of methoxy groups -OCH3 is 2. The highest BCUT2D eigenvalue weighted by molar-refractivity contribution is 5.63. The van der Waals surface area contributed by atoms with Crippen LogP contribution in [0.3, 0.4) is 0 Å². The lowest BCUT2D eigenvalue weighted by molar-refractivity contribution is 0.341. The van der Waals surface area contributed by atoms with E-state index in [1.54, 1.807) is 18.2 Å². The molecule has 1 aromatic heterocycles. The Morgan fingerprint density at radius 1 is 1.05 bits per heavy atom. The molecule has 0 saturated heterocycles. The monoisotopic (exact) mass is 262 g/mol. The number of hydrogen-bond donors (Lipinski definition) is 2. The van der Waals surface area contributed by atoms with E-state index in [0.29, 0.717) is 5.69 Å². The van der Waals surface area contributed by atoms with Crippen LogP contribution in [0.2, 0.25) is 0 Å². The van der Waals surface area contributed by atoms with Gasteiger partial charge in [0.25, 0.3) is 0 Å². The Kier molecular flexibility index (Phi) is 3.65. The summed E-state index contributed by atoms with van der Waals surface area (Å²) in [4.78, 5) is 11.9. The van der Waals surface area contributed by atoms with E-state index < -0.39 is 0 Å². The molecule has 2 N–H and O–H groups in total. The Bertz CT molecular complexity index is 567. The molecule has 19 heavy (non-hydrogen) atoms. The van der Waals surface area contributed by atoms with Gasteiger partial charge in [-0.05, 0) is 24.6 Å². The van der Waals surface area contributed by atoms with Gasteiger partial charge in [-0.3, -0.25) is 0 Å². The van der Waals surface area contributed by atoms with Crippen molar-refractivity contribution in [1.82, 2.24) is 15.0 Å². The summed E-state index contributed by atoms with van der Waals surface area (Å²) < 4.78 is 9.89. The zero-order valence-corrected chi connectivity index (χ0v) is 10.8. The number of anilines is 2. The molecule has 0 spiro atoms. The first-order chi connectivity index (χ1) is 9.12. The molecule has 0 aliphatic heterocycles. The van der Waals surface area contributed by atoms with Crippen molar-refractivity contribution in [2.75, 3.05) is 19.5 Å². The summed E-state index contributed by atoms with van der Waals surface area (Å²) >= 11 is 0. The molecule has 2 rings (SSSR count). The maximum absolute atomic E-state index is 9.75. The number of nitrogens with zero attached hydrogens (tertiary/aromatic N) is 3. The van der Waals surface area contributed by atoms with Crippen molar-refractivity contribution in [1.29, 1.82) is 0 Å². The number of nitrogens with one attached hydrogen (secondary N) is 1. The predicted molar refractivity (Wildman–Crippen MR) is 69.1 cm³/mol. The van der Waals surface area contributed by atoms with E-state index in [9.17, 15) is 5.11 Å². The van der Waals surface area contributed by atoms with E-state index in [1.807, 2.05) is 6.92 Å². The lowest BCUT2D eigenvalue weighted by atomic mass is 10.2. The Hall–Kier alpha value is -2.57. The summed E-state index contributed by atoms with van der Waals surface area (Å²) in [6, 6.07) is 5.42. The third-order valence-electron chi connectivity index (χ3n) is 2.36. The molecule has 0 fully saturated rings. The highest BCUT2D eigenvalue weighted by Crippen LogP contribution is 2.27. The number of benzene rings is 1. The summed E-state index contributed by atoms with van der Waals surface area (Å²) in [6.45, 7) is 1.92. The van der Waals surface area contributed by atoms with Crippen LogP contribution in [0.15, 0.2) is 18.2 Å². The van der Waals surface area contributed by atoms with Crippen molar-refractivity contribution in [2.24, 2.45) is 0 Å². The SMILES string of the molecule is COc1nc(Nc2cc(C)ccc2O)nc(OC)n1. The van der Waals surface area contributed by atoms with Gasteiger partial charge in [-0.15, -0.1) is 4.98 Å². The first-order valence-electron chi connectivity index (χ1n) is 5.53. The second-order valence-electron chi connectivity index (χ2n) is 3.78. The minimum absolute atomic E-state index is 0.101. The standard InChI is InChI=1S/C12H14N4O3/c1-7-4-5-9(17)8(6-7)13-10-14-11(18-2)16-12(15-10)19-3/h4-6,17H,1-3H3,(H,13,14,15,16). The van der Waals surface area contributed by atoms with Crippen LogP contribution < -0.4 is 14.8 Å². The van der Waals surface area contributed by atoms with Crippen molar-refractivity contribution in [3.8, 4) is 17.8 Å². The van der Waals surface area contributed by atoms with Crippen molar-refractivity contribution in [2.45, 2.75) is 6.92 Å². The zero-order valence-electron chi connectivity index (χ0n) is 10.8. The van der Waals surface area contributed by atoms with Gasteiger partial charge in [0.2, 0.25) is 5.95 Å². The number of rotatable bonds is 4. The van der Waals surface area contributed by atoms with Gasteiger partial charge in [0.15, 0.2) is 0 Å². The topological polar surface area (TPSA) is 89.4 Å². The van der Waals surface area contributed by atoms with Gasteiger partial charge >= 0.3 is 12.0 Å². The lowest BCUT2D eigenvalue weighted by Crippen LogP contribution is -2.04. The number of hydrogen-bond acceptors (Lipinski definition) is 7. The Morgan fingerprint density at radius 2 is 1.68 bits per heavy atom. The summed E-state index contributed by atoms with van der Waals surface area (Å²) in [5, 5.41) is 12.6. The normalized spacial score (nSPS) is 10.1. The molecule has 7 heteroatoms. The fraction of sp³-hybridized carbons (Fsp3) is 0.250. The third kappa shape index (κ3) is 3.01. The fourth-order valence-corrected chi connectivity index (χ4v) is 1.45. The Balaban J connectivity index is 2.34. The van der Waals surface area contributed by atoms with Crippen molar-refractivity contribution in [3.63, 3.8) is 0 Å². The van der Waals surface area contributed by atoms with Crippen LogP contribution in [0.1, 0.15) is 5.56 Å². The number of aromatic nitrogens is 3. The number of phenolic OH excluding ortho intramolecular Hbond substituents is 1. The maximum Gasteiger partial charge on any atom is 0.324 e. The summed E-state index contributed by atoms with van der Waals surface area (Å²) in [7, 11) is 2.89. The van der Waals surface area contributed by atoms with Crippen LogP contribution in [-0.4, -0.2) is 34.3 Å². The smallest absolute Gasteiger partial charge is 0.324 e. The molecule has 7 nitrogen and oxygen atoms in total. The Morgan fingerprint density at radius 3 is 2.26 bits per heavy atom. The largest absolute Gasteiger partial charge is 0.506 e. The van der Waals surface area contributed by atoms with Crippen LogP contribution in [0.5, 0.6) is 17.8 Å². The van der Waals surface area contributed by atoms with E-state index in [0.717, 1.165) is 5.56 Å². The lowest BCUT2D eigenvalue weighted by Gasteiger charge is -2.09. The fourth-order valence-electron chi connectivity index (χ4n) is 1.45. The highest BCUT2D eigenvalue weighted by atomic mass is 16.5. The van der Waals surface area contributed by atoms with Crippen LogP contribution in [0, 0.1) is 6.92 Å². The van der Waals surface area contributed by atoms with E-state index in [1.165, 1.54) is 14.2 Å². The van der Waals surface area contributed by atoms with Gasteiger partial charge in [0.05, 0.1) is 19.9 Å². The van der Waals surface area contributed by atoms with Gasteiger partial charge in [-0.1, -0.05) is 6.07 Å². The first-order valence-corrected chi connectivity index (χ1v) is 5.53.